The summed E-state index contributed by atoms with van der Waals surface area (Å²) in [4.78, 5) is 26.7. The molecule has 0 bridgehead atoms. The summed E-state index contributed by atoms with van der Waals surface area (Å²) in [5.74, 6) is 0.0916. The summed E-state index contributed by atoms with van der Waals surface area (Å²) in [6.07, 6.45) is 1.63. The van der Waals surface area contributed by atoms with Gasteiger partial charge in [0.1, 0.15) is 12.3 Å². The lowest BCUT2D eigenvalue weighted by atomic mass is 10.0. The van der Waals surface area contributed by atoms with Crippen molar-refractivity contribution in [2.75, 3.05) is 36.5 Å². The molecule has 0 unspecified atom stereocenters. The lowest BCUT2D eigenvalue weighted by Gasteiger charge is -2.31. The van der Waals surface area contributed by atoms with E-state index in [0.717, 1.165) is 24.0 Å². The van der Waals surface area contributed by atoms with Gasteiger partial charge in [-0.05, 0) is 74.1 Å². The highest BCUT2D eigenvalue weighted by molar-refractivity contribution is 7.89. The van der Waals surface area contributed by atoms with Crippen molar-refractivity contribution >= 4 is 33.2 Å². The summed E-state index contributed by atoms with van der Waals surface area (Å²) in [6.45, 7) is 6.55. The molecule has 8 nitrogen and oxygen atoms in total. The van der Waals surface area contributed by atoms with Crippen LogP contribution in [0.2, 0.25) is 0 Å². The molecule has 1 N–H and O–H groups in total. The van der Waals surface area contributed by atoms with Gasteiger partial charge in [-0.25, -0.2) is 8.42 Å². The minimum atomic E-state index is -3.71. The summed E-state index contributed by atoms with van der Waals surface area (Å²) in [6, 6.07) is 10.1. The van der Waals surface area contributed by atoms with Gasteiger partial charge in [-0.15, -0.1) is 0 Å². The van der Waals surface area contributed by atoms with Crippen LogP contribution in [0.25, 0.3) is 0 Å². The maximum absolute atomic E-state index is 13.2. The molecule has 0 aromatic heterocycles. The number of benzene rings is 2. The molecule has 2 amide bonds. The average molecular weight is 472 g/mol. The van der Waals surface area contributed by atoms with Crippen LogP contribution in [-0.2, 0) is 19.6 Å². The van der Waals surface area contributed by atoms with Crippen LogP contribution in [0.5, 0.6) is 5.75 Å². The van der Waals surface area contributed by atoms with Gasteiger partial charge in [0.25, 0.3) is 5.91 Å². The predicted molar refractivity (Wildman–Crippen MR) is 126 cm³/mol. The van der Waals surface area contributed by atoms with E-state index in [0.29, 0.717) is 30.4 Å². The van der Waals surface area contributed by atoms with Crippen LogP contribution in [0.1, 0.15) is 30.9 Å². The van der Waals surface area contributed by atoms with Gasteiger partial charge < -0.3 is 10.1 Å². The molecule has 0 spiro atoms. The number of ether oxygens (including phenoxy) is 1. The number of anilines is 2. The van der Waals surface area contributed by atoms with Crippen molar-refractivity contribution < 1.29 is 22.7 Å². The summed E-state index contributed by atoms with van der Waals surface area (Å²) < 4.78 is 33.4. The molecule has 0 atom stereocenters. The molecule has 0 radical (unpaired) electrons. The second-order valence-electron chi connectivity index (χ2n) is 8.83. The van der Waals surface area contributed by atoms with Gasteiger partial charge in [0.05, 0.1) is 10.6 Å². The maximum Gasteiger partial charge on any atom is 0.265 e. The van der Waals surface area contributed by atoms with Gasteiger partial charge in [0, 0.05) is 18.8 Å². The Morgan fingerprint density at radius 3 is 2.52 bits per heavy atom. The van der Waals surface area contributed by atoms with Gasteiger partial charge in [0.15, 0.2) is 6.61 Å². The first kappa shape index (κ1) is 23.3. The number of nitrogens with zero attached hydrogens (tertiary/aromatic N) is 2. The minimum Gasteiger partial charge on any atom is -0.482 e. The summed E-state index contributed by atoms with van der Waals surface area (Å²) in [5.41, 5.74) is 3.08. The van der Waals surface area contributed by atoms with E-state index in [2.05, 4.69) is 12.2 Å². The van der Waals surface area contributed by atoms with E-state index >= 15 is 0 Å². The highest BCUT2D eigenvalue weighted by atomic mass is 32.2. The van der Waals surface area contributed by atoms with E-state index in [9.17, 15) is 18.0 Å². The fraction of sp³-hybridized carbons (Fsp3) is 0.417. The molecule has 1 fully saturated rings. The second kappa shape index (κ2) is 9.15. The summed E-state index contributed by atoms with van der Waals surface area (Å²) >= 11 is 0. The molecule has 9 heteroatoms. The highest BCUT2D eigenvalue weighted by Gasteiger charge is 2.32. The average Bonchev–Trinajstić information content (AvgIpc) is 2.78. The molecular formula is C24H29N3O5S. The summed E-state index contributed by atoms with van der Waals surface area (Å²) in [5, 5.41) is 2.81. The fourth-order valence-electron chi connectivity index (χ4n) is 4.05. The van der Waals surface area contributed by atoms with E-state index in [4.69, 9.17) is 4.74 Å². The maximum atomic E-state index is 13.2. The van der Waals surface area contributed by atoms with Crippen molar-refractivity contribution in [1.29, 1.82) is 0 Å². The number of piperidine rings is 1. The van der Waals surface area contributed by atoms with Crippen LogP contribution in [0.15, 0.2) is 41.3 Å². The van der Waals surface area contributed by atoms with Gasteiger partial charge >= 0.3 is 0 Å². The first-order chi connectivity index (χ1) is 15.6. The zero-order valence-electron chi connectivity index (χ0n) is 19.1. The van der Waals surface area contributed by atoms with Gasteiger partial charge in [-0.2, -0.15) is 4.31 Å². The molecule has 2 heterocycles. The van der Waals surface area contributed by atoms with E-state index in [-0.39, 0.29) is 29.6 Å². The SMILES string of the molecule is Cc1ccc(NC(=O)CN2C(=O)COc3ccc(S(=O)(=O)N4CCC(C)CC4)cc32)cc1C. The van der Waals surface area contributed by atoms with Crippen LogP contribution >= 0.6 is 0 Å². The number of hydrogen-bond acceptors (Lipinski definition) is 5. The topological polar surface area (TPSA) is 96.0 Å². The number of carbonyl (C=O) groups is 2. The number of fused-ring (bicyclic) bond motifs is 1. The normalized spacial score (nSPS) is 17.4. The zero-order valence-corrected chi connectivity index (χ0v) is 19.9. The summed E-state index contributed by atoms with van der Waals surface area (Å²) in [7, 11) is -3.71. The molecule has 2 aliphatic heterocycles. The predicted octanol–water partition coefficient (Wildman–Crippen LogP) is 3.09. The number of amides is 2. The van der Waals surface area contributed by atoms with Crippen LogP contribution < -0.4 is 15.0 Å². The number of sulfonamides is 1. The highest BCUT2D eigenvalue weighted by Crippen LogP contribution is 2.35. The fourth-order valence-corrected chi connectivity index (χ4v) is 5.54. The van der Waals surface area contributed by atoms with E-state index in [1.807, 2.05) is 26.0 Å². The van der Waals surface area contributed by atoms with Crippen LogP contribution in [0, 0.1) is 19.8 Å². The number of aryl methyl sites for hydroxylation is 2. The Morgan fingerprint density at radius 2 is 1.82 bits per heavy atom. The quantitative estimate of drug-likeness (QED) is 0.723. The third kappa shape index (κ3) is 4.89. The van der Waals surface area contributed by atoms with Crippen LogP contribution in [0.3, 0.4) is 0 Å². The smallest absolute Gasteiger partial charge is 0.265 e. The molecule has 1 saturated heterocycles. The molecule has 0 aliphatic carbocycles. The molecule has 4 rings (SSSR count). The molecule has 176 valence electrons. The molecule has 33 heavy (non-hydrogen) atoms. The Balaban J connectivity index is 1.57. The Hall–Kier alpha value is -2.91. The Kier molecular flexibility index (Phi) is 6.45. The van der Waals surface area contributed by atoms with Gasteiger partial charge in [-0.3, -0.25) is 14.5 Å². The van der Waals surface area contributed by atoms with Crippen LogP contribution in [0.4, 0.5) is 11.4 Å². The van der Waals surface area contributed by atoms with Crippen molar-refractivity contribution in [2.45, 2.75) is 38.5 Å². The van der Waals surface area contributed by atoms with Crippen molar-refractivity contribution in [1.82, 2.24) is 4.31 Å². The monoisotopic (exact) mass is 471 g/mol. The number of hydrogen-bond donors (Lipinski definition) is 1. The lowest BCUT2D eigenvalue weighted by Crippen LogP contribution is -2.43. The number of carbonyl (C=O) groups excluding carboxylic acids is 2. The van der Waals surface area contributed by atoms with Gasteiger partial charge in [0.2, 0.25) is 15.9 Å². The first-order valence-corrected chi connectivity index (χ1v) is 12.5. The lowest BCUT2D eigenvalue weighted by molar-refractivity contribution is -0.123. The minimum absolute atomic E-state index is 0.0914. The van der Waals surface area contributed by atoms with Crippen molar-refractivity contribution in [3.63, 3.8) is 0 Å². The third-order valence-electron chi connectivity index (χ3n) is 6.35. The molecule has 2 aromatic rings. The Labute approximate surface area is 194 Å². The zero-order chi connectivity index (χ0) is 23.8. The number of rotatable bonds is 5. The molecular weight excluding hydrogens is 442 g/mol. The Morgan fingerprint density at radius 1 is 1.09 bits per heavy atom. The van der Waals surface area contributed by atoms with Crippen molar-refractivity contribution in [3.05, 3.63) is 47.5 Å². The second-order valence-corrected chi connectivity index (χ2v) is 10.8. The van der Waals surface area contributed by atoms with E-state index in [1.54, 1.807) is 12.1 Å². The Bertz CT molecular complexity index is 1190. The standard InChI is InChI=1S/C24H29N3O5S/c1-16-8-10-26(11-9-16)33(30,31)20-6-7-22-21(13-20)27(24(29)15-32-22)14-23(28)25-19-5-4-17(2)18(3)12-19/h4-7,12-13,16H,8-11,14-15H2,1-3H3,(H,25,28). The van der Waals surface area contributed by atoms with Gasteiger partial charge in [-0.1, -0.05) is 13.0 Å². The van der Waals surface area contributed by atoms with Crippen molar-refractivity contribution in [3.8, 4) is 5.75 Å². The van der Waals surface area contributed by atoms with Crippen molar-refractivity contribution in [2.24, 2.45) is 5.92 Å². The number of nitrogens with one attached hydrogen (secondary N) is 1. The molecule has 2 aliphatic rings. The van der Waals surface area contributed by atoms with Crippen LogP contribution in [-0.4, -0.2) is 50.8 Å². The molecule has 2 aromatic carbocycles. The van der Waals surface area contributed by atoms with E-state index in [1.165, 1.54) is 21.3 Å². The third-order valence-corrected chi connectivity index (χ3v) is 8.24. The molecule has 0 saturated carbocycles. The largest absolute Gasteiger partial charge is 0.482 e. The van der Waals surface area contributed by atoms with E-state index < -0.39 is 15.9 Å². The first-order valence-electron chi connectivity index (χ1n) is 11.1.